The van der Waals surface area contributed by atoms with Crippen molar-refractivity contribution in [1.82, 2.24) is 15.2 Å². The number of hydrogen-bond donors (Lipinski definition) is 2. The Morgan fingerprint density at radius 1 is 1.16 bits per heavy atom. The Morgan fingerprint density at radius 3 is 2.72 bits per heavy atom. The Labute approximate surface area is 186 Å². The van der Waals surface area contributed by atoms with Crippen molar-refractivity contribution in [2.24, 2.45) is 0 Å². The number of ether oxygens (including phenoxy) is 1. The molecule has 0 saturated carbocycles. The summed E-state index contributed by atoms with van der Waals surface area (Å²) in [6.07, 6.45) is 8.02. The predicted octanol–water partition coefficient (Wildman–Crippen LogP) is 4.82. The summed E-state index contributed by atoms with van der Waals surface area (Å²) in [4.78, 5) is 19.3. The van der Waals surface area contributed by atoms with E-state index in [0.717, 1.165) is 22.5 Å². The van der Waals surface area contributed by atoms with Crippen LogP contribution in [-0.4, -0.2) is 27.1 Å². The van der Waals surface area contributed by atoms with Gasteiger partial charge in [0.2, 0.25) is 0 Å². The molecular weight excluding hydrogens is 402 g/mol. The number of nitrogens with zero attached hydrogens (tertiary/aromatic N) is 2. The lowest BCUT2D eigenvalue weighted by molar-refractivity contribution is 0.0698. The van der Waals surface area contributed by atoms with Crippen molar-refractivity contribution in [2.45, 2.75) is 26.6 Å². The van der Waals surface area contributed by atoms with Crippen LogP contribution < -0.4 is 10.1 Å². The Morgan fingerprint density at radius 2 is 1.97 bits per heavy atom. The molecule has 0 spiro atoms. The number of benzene rings is 2. The molecule has 32 heavy (non-hydrogen) atoms. The third kappa shape index (κ3) is 3.39. The molecule has 1 atom stereocenters. The zero-order valence-corrected chi connectivity index (χ0v) is 17.9. The summed E-state index contributed by atoms with van der Waals surface area (Å²) in [5.74, 6) is -0.498. The number of nitrogens with one attached hydrogen (secondary N) is 1. The van der Waals surface area contributed by atoms with Crippen molar-refractivity contribution in [3.8, 4) is 5.75 Å². The van der Waals surface area contributed by atoms with Gasteiger partial charge in [0.1, 0.15) is 18.5 Å². The molecule has 0 bridgehead atoms. The number of aromatic nitrogens is 1. The first-order valence-corrected chi connectivity index (χ1v) is 10.5. The van der Waals surface area contributed by atoms with Gasteiger partial charge in [-0.25, -0.2) is 9.78 Å². The number of rotatable bonds is 5. The Kier molecular flexibility index (Phi) is 4.90. The largest absolute Gasteiger partial charge is 0.488 e. The molecule has 2 aliphatic heterocycles. The average Bonchev–Trinajstić information content (AvgIpc) is 3.15. The highest BCUT2D eigenvalue weighted by Crippen LogP contribution is 2.35. The van der Waals surface area contributed by atoms with Crippen LogP contribution in [0.1, 0.15) is 34.1 Å². The fraction of sp³-hybridized carbons (Fsp3) is 0.154. The molecule has 160 valence electrons. The summed E-state index contributed by atoms with van der Waals surface area (Å²) in [5.41, 5.74) is 5.13. The van der Waals surface area contributed by atoms with Gasteiger partial charge in [-0.2, -0.15) is 0 Å². The number of carbonyl (C=O) groups is 1. The number of carboxylic acids is 1. The highest BCUT2D eigenvalue weighted by molar-refractivity contribution is 6.06. The smallest absolute Gasteiger partial charge is 0.336 e. The van der Waals surface area contributed by atoms with Crippen LogP contribution in [0.4, 0.5) is 0 Å². The Balaban J connectivity index is 1.62. The standard InChI is InChI=1S/C26H23N3O3/c1-16-11-12-21(32-15-18-8-4-3-5-9-18)23-19(26(30)31)14-20(27-24(16)23)25-17(2)29-13-7-6-10-22(29)28-25/h3-14,22,28H,15H2,1-2H3,(H,30,31). The SMILES string of the molecule is CC1=C(c2cc(C(=O)O)c3c(OCc4ccccc4)ccc(C)c3n2)NC2C=CC=CN12. The molecule has 2 aliphatic rings. The second-order valence-electron chi connectivity index (χ2n) is 7.92. The van der Waals surface area contributed by atoms with Gasteiger partial charge in [0.05, 0.1) is 27.9 Å². The lowest BCUT2D eigenvalue weighted by Gasteiger charge is -2.23. The van der Waals surface area contributed by atoms with Crippen molar-refractivity contribution in [3.63, 3.8) is 0 Å². The van der Waals surface area contributed by atoms with Crippen molar-refractivity contribution in [1.29, 1.82) is 0 Å². The summed E-state index contributed by atoms with van der Waals surface area (Å²) in [6.45, 7) is 4.29. The fourth-order valence-corrected chi connectivity index (χ4v) is 4.17. The van der Waals surface area contributed by atoms with Crippen LogP contribution in [0.25, 0.3) is 16.6 Å². The summed E-state index contributed by atoms with van der Waals surface area (Å²) in [7, 11) is 0. The molecule has 2 aromatic carbocycles. The van der Waals surface area contributed by atoms with Crippen molar-refractivity contribution >= 4 is 22.6 Å². The normalized spacial score (nSPS) is 16.9. The Bertz CT molecular complexity index is 1310. The number of aryl methyl sites for hydroxylation is 1. The average molecular weight is 425 g/mol. The monoisotopic (exact) mass is 425 g/mol. The highest BCUT2D eigenvalue weighted by Gasteiger charge is 2.29. The minimum Gasteiger partial charge on any atom is -0.488 e. The van der Waals surface area contributed by atoms with Crippen LogP contribution in [0.5, 0.6) is 5.75 Å². The first kappa shape index (κ1) is 19.9. The van der Waals surface area contributed by atoms with Gasteiger partial charge in [-0.1, -0.05) is 42.5 Å². The van der Waals surface area contributed by atoms with E-state index in [4.69, 9.17) is 9.72 Å². The van der Waals surface area contributed by atoms with Crippen LogP contribution in [0, 0.1) is 6.92 Å². The van der Waals surface area contributed by atoms with E-state index in [1.807, 2.05) is 74.7 Å². The number of allylic oxidation sites excluding steroid dienone is 3. The number of hydrogen-bond acceptors (Lipinski definition) is 5. The molecule has 5 rings (SSSR count). The quantitative estimate of drug-likeness (QED) is 0.610. The molecule has 0 amide bonds. The molecule has 0 aliphatic carbocycles. The van der Waals surface area contributed by atoms with E-state index in [9.17, 15) is 9.90 Å². The van der Waals surface area contributed by atoms with E-state index in [0.29, 0.717) is 29.0 Å². The molecule has 6 heteroatoms. The number of fused-ring (bicyclic) bond motifs is 2. The molecular formula is C26H23N3O3. The minimum absolute atomic E-state index is 0.00223. The molecule has 0 fully saturated rings. The van der Waals surface area contributed by atoms with Crippen LogP contribution in [0.2, 0.25) is 0 Å². The van der Waals surface area contributed by atoms with Crippen LogP contribution in [0.15, 0.2) is 78.7 Å². The maximum atomic E-state index is 12.3. The summed E-state index contributed by atoms with van der Waals surface area (Å²) >= 11 is 0. The topological polar surface area (TPSA) is 74.7 Å². The van der Waals surface area contributed by atoms with E-state index in [1.165, 1.54) is 0 Å². The molecule has 1 unspecified atom stereocenters. The Hall–Kier alpha value is -4.06. The van der Waals surface area contributed by atoms with E-state index in [2.05, 4.69) is 16.3 Å². The maximum absolute atomic E-state index is 12.3. The van der Waals surface area contributed by atoms with E-state index in [-0.39, 0.29) is 11.7 Å². The van der Waals surface area contributed by atoms with E-state index < -0.39 is 5.97 Å². The fourth-order valence-electron chi connectivity index (χ4n) is 4.17. The molecule has 0 saturated heterocycles. The second kappa shape index (κ2) is 7.89. The second-order valence-corrected chi connectivity index (χ2v) is 7.92. The first-order valence-electron chi connectivity index (χ1n) is 10.5. The van der Waals surface area contributed by atoms with Gasteiger partial charge in [0, 0.05) is 11.9 Å². The van der Waals surface area contributed by atoms with Gasteiger partial charge < -0.3 is 20.1 Å². The molecule has 3 aromatic rings. The van der Waals surface area contributed by atoms with E-state index >= 15 is 0 Å². The van der Waals surface area contributed by atoms with Crippen molar-refractivity contribution in [3.05, 3.63) is 101 Å². The minimum atomic E-state index is -1.01. The number of pyridine rings is 1. The van der Waals surface area contributed by atoms with Gasteiger partial charge in [-0.3, -0.25) is 0 Å². The van der Waals surface area contributed by atoms with Crippen LogP contribution in [0.3, 0.4) is 0 Å². The van der Waals surface area contributed by atoms with Crippen LogP contribution in [-0.2, 0) is 6.61 Å². The van der Waals surface area contributed by atoms with Gasteiger partial charge in [0.25, 0.3) is 0 Å². The maximum Gasteiger partial charge on any atom is 0.336 e. The highest BCUT2D eigenvalue weighted by atomic mass is 16.5. The first-order chi connectivity index (χ1) is 15.5. The zero-order chi connectivity index (χ0) is 22.2. The summed E-state index contributed by atoms with van der Waals surface area (Å²) in [6, 6.07) is 15.2. The van der Waals surface area contributed by atoms with Gasteiger partial charge >= 0.3 is 5.97 Å². The third-order valence-electron chi connectivity index (χ3n) is 5.84. The molecule has 2 N–H and O–H groups in total. The lowest BCUT2D eigenvalue weighted by Crippen LogP contribution is -2.32. The summed E-state index contributed by atoms with van der Waals surface area (Å²) < 4.78 is 6.06. The third-order valence-corrected chi connectivity index (χ3v) is 5.84. The predicted molar refractivity (Wildman–Crippen MR) is 124 cm³/mol. The zero-order valence-electron chi connectivity index (χ0n) is 17.9. The van der Waals surface area contributed by atoms with Gasteiger partial charge in [-0.15, -0.1) is 0 Å². The van der Waals surface area contributed by atoms with E-state index in [1.54, 1.807) is 6.07 Å². The molecule has 1 aromatic heterocycles. The summed E-state index contributed by atoms with van der Waals surface area (Å²) in [5, 5.41) is 14.0. The number of aromatic carboxylic acids is 1. The molecule has 6 nitrogen and oxygen atoms in total. The lowest BCUT2D eigenvalue weighted by atomic mass is 10.0. The van der Waals surface area contributed by atoms with Gasteiger partial charge in [-0.05, 0) is 49.3 Å². The number of carboxylic acid groups (broad SMARTS) is 1. The molecule has 3 heterocycles. The van der Waals surface area contributed by atoms with Crippen molar-refractivity contribution < 1.29 is 14.6 Å². The van der Waals surface area contributed by atoms with Gasteiger partial charge in [0.15, 0.2) is 0 Å². The van der Waals surface area contributed by atoms with Crippen molar-refractivity contribution in [2.75, 3.05) is 0 Å². The molecule has 0 radical (unpaired) electrons. The van der Waals surface area contributed by atoms with Crippen LogP contribution >= 0.6 is 0 Å².